The summed E-state index contributed by atoms with van der Waals surface area (Å²) in [6, 6.07) is 15.4. The lowest BCUT2D eigenvalue weighted by Crippen LogP contribution is -2.34. The molecule has 2 aliphatic heterocycles. The van der Waals surface area contributed by atoms with Gasteiger partial charge in [0.1, 0.15) is 12.1 Å². The van der Waals surface area contributed by atoms with Crippen molar-refractivity contribution in [2.24, 2.45) is 5.92 Å². The van der Waals surface area contributed by atoms with Gasteiger partial charge in [-0.15, -0.1) is 0 Å². The minimum atomic E-state index is -0.237. The minimum absolute atomic E-state index is 0.129. The van der Waals surface area contributed by atoms with Crippen LogP contribution in [0.15, 0.2) is 61.1 Å². The molecule has 0 spiro atoms. The number of halogens is 1. The zero-order valence-corrected chi connectivity index (χ0v) is 19.7. The smallest absolute Gasteiger partial charge is 0.179 e. The molecule has 0 saturated carbocycles. The molecule has 2 aliphatic rings. The van der Waals surface area contributed by atoms with Gasteiger partial charge in [-0.25, -0.2) is 14.1 Å². The zero-order chi connectivity index (χ0) is 23.9. The molecule has 2 N–H and O–H groups in total. The normalized spacial score (nSPS) is 17.6. The van der Waals surface area contributed by atoms with Crippen molar-refractivity contribution >= 4 is 5.69 Å². The van der Waals surface area contributed by atoms with Crippen LogP contribution in [-0.4, -0.2) is 56.7 Å². The van der Waals surface area contributed by atoms with E-state index in [9.17, 15) is 9.50 Å². The number of hydrogen-bond acceptors (Lipinski definition) is 5. The van der Waals surface area contributed by atoms with E-state index in [-0.39, 0.29) is 18.5 Å². The van der Waals surface area contributed by atoms with E-state index in [4.69, 9.17) is 0 Å². The topological polar surface area (TPSA) is 71.1 Å². The van der Waals surface area contributed by atoms with Crippen LogP contribution >= 0.6 is 0 Å². The second kappa shape index (κ2) is 8.94. The highest BCUT2D eigenvalue weighted by Crippen LogP contribution is 2.35. The summed E-state index contributed by atoms with van der Waals surface area (Å²) in [7, 11) is 0. The fourth-order valence-electron chi connectivity index (χ4n) is 5.17. The van der Waals surface area contributed by atoms with Crippen molar-refractivity contribution in [3.05, 3.63) is 72.4 Å². The predicted octanol–water partition coefficient (Wildman–Crippen LogP) is 3.70. The maximum atomic E-state index is 13.4. The first-order valence-corrected chi connectivity index (χ1v) is 12.2. The number of nitrogens with zero attached hydrogens (tertiary/aromatic N) is 5. The number of hydrogen-bond donors (Lipinski definition) is 2. The number of nitrogens with one attached hydrogen (secondary N) is 1. The quantitative estimate of drug-likeness (QED) is 0.394. The van der Waals surface area contributed by atoms with E-state index in [2.05, 4.69) is 55.3 Å². The Labute approximate surface area is 203 Å². The SMILES string of the molecule is C[C@H](CO)NC[C@H]1CCN(c2ccc3c(c2)Cn2cc(-c4ccc(F)cc4)cc2-c2ncnn2-3)C1. The first kappa shape index (κ1) is 22.0. The molecule has 0 amide bonds. The van der Waals surface area contributed by atoms with Gasteiger partial charge >= 0.3 is 0 Å². The van der Waals surface area contributed by atoms with E-state index in [0.29, 0.717) is 12.5 Å². The fraction of sp³-hybridized carbons (Fsp3) is 0.333. The van der Waals surface area contributed by atoms with E-state index in [0.717, 1.165) is 54.4 Å². The van der Waals surface area contributed by atoms with Crippen LogP contribution in [0.1, 0.15) is 18.9 Å². The first-order chi connectivity index (χ1) is 17.1. The molecule has 2 aromatic carbocycles. The standard InChI is InChI=1S/C27H29FN6O/c1-18(16-35)29-12-19-8-9-32(13-19)24-6-7-25-22(10-24)15-33-14-21(20-2-4-23(28)5-3-20)11-26(33)27-30-17-31-34(25)27/h2-7,10-11,14,17-19,29,35H,8-9,12-13,15-16H2,1H3/t18-,19-/m1/s1. The van der Waals surface area contributed by atoms with Crippen molar-refractivity contribution in [2.45, 2.75) is 25.9 Å². The Hall–Kier alpha value is -3.49. The van der Waals surface area contributed by atoms with Crippen molar-refractivity contribution < 1.29 is 9.50 Å². The van der Waals surface area contributed by atoms with Crippen LogP contribution in [0.25, 0.3) is 28.3 Å². The average Bonchev–Trinajstić information content (AvgIpc) is 3.62. The van der Waals surface area contributed by atoms with Crippen LogP contribution in [0.4, 0.5) is 10.1 Å². The average molecular weight is 473 g/mol. The third-order valence-corrected chi connectivity index (χ3v) is 7.16. The summed E-state index contributed by atoms with van der Waals surface area (Å²) in [5.74, 6) is 1.13. The Bertz CT molecular complexity index is 1340. The van der Waals surface area contributed by atoms with Crippen LogP contribution in [0.2, 0.25) is 0 Å². The van der Waals surface area contributed by atoms with Gasteiger partial charge in [0.15, 0.2) is 5.82 Å². The van der Waals surface area contributed by atoms with Crippen LogP contribution in [0.5, 0.6) is 0 Å². The Balaban J connectivity index is 1.30. The number of anilines is 1. The third-order valence-electron chi connectivity index (χ3n) is 7.16. The van der Waals surface area contributed by atoms with E-state index < -0.39 is 0 Å². The molecule has 1 saturated heterocycles. The fourth-order valence-corrected chi connectivity index (χ4v) is 5.17. The van der Waals surface area contributed by atoms with E-state index in [1.54, 1.807) is 18.5 Å². The summed E-state index contributed by atoms with van der Waals surface area (Å²) >= 11 is 0. The summed E-state index contributed by atoms with van der Waals surface area (Å²) in [6.45, 7) is 5.82. The van der Waals surface area contributed by atoms with Crippen LogP contribution < -0.4 is 10.2 Å². The molecule has 2 aromatic heterocycles. The number of aliphatic hydroxyl groups excluding tert-OH is 1. The molecular weight excluding hydrogens is 443 g/mol. The van der Waals surface area contributed by atoms with Crippen molar-refractivity contribution in [3.63, 3.8) is 0 Å². The van der Waals surface area contributed by atoms with Gasteiger partial charge in [-0.1, -0.05) is 12.1 Å². The molecule has 6 rings (SSSR count). The van der Waals surface area contributed by atoms with Gasteiger partial charge in [-0.05, 0) is 66.8 Å². The van der Waals surface area contributed by atoms with Gasteiger partial charge in [0.25, 0.3) is 0 Å². The zero-order valence-electron chi connectivity index (χ0n) is 19.7. The van der Waals surface area contributed by atoms with Crippen LogP contribution in [0.3, 0.4) is 0 Å². The molecule has 8 heteroatoms. The van der Waals surface area contributed by atoms with E-state index in [1.165, 1.54) is 23.4 Å². The van der Waals surface area contributed by atoms with Crippen molar-refractivity contribution in [1.82, 2.24) is 24.6 Å². The number of fused-ring (bicyclic) bond motifs is 5. The highest BCUT2D eigenvalue weighted by atomic mass is 19.1. The maximum Gasteiger partial charge on any atom is 0.179 e. The summed E-state index contributed by atoms with van der Waals surface area (Å²) in [6.07, 6.45) is 4.85. The molecule has 4 heterocycles. The monoisotopic (exact) mass is 472 g/mol. The first-order valence-electron chi connectivity index (χ1n) is 12.2. The molecule has 0 radical (unpaired) electrons. The Kier molecular flexibility index (Phi) is 5.62. The maximum absolute atomic E-state index is 13.4. The molecule has 0 aliphatic carbocycles. The highest BCUT2D eigenvalue weighted by molar-refractivity contribution is 5.71. The summed E-state index contributed by atoms with van der Waals surface area (Å²) in [4.78, 5) is 7.01. The largest absolute Gasteiger partial charge is 0.395 e. The van der Waals surface area contributed by atoms with Crippen molar-refractivity contribution in [1.29, 1.82) is 0 Å². The lowest BCUT2D eigenvalue weighted by atomic mass is 10.1. The van der Waals surface area contributed by atoms with Gasteiger partial charge in [-0.2, -0.15) is 5.10 Å². The number of rotatable bonds is 6. The Morgan fingerprint density at radius 2 is 2.00 bits per heavy atom. The molecule has 35 heavy (non-hydrogen) atoms. The predicted molar refractivity (Wildman–Crippen MR) is 134 cm³/mol. The number of aromatic nitrogens is 4. The molecule has 0 unspecified atom stereocenters. The molecule has 2 atom stereocenters. The van der Waals surface area contributed by atoms with Crippen molar-refractivity contribution in [2.75, 3.05) is 31.1 Å². The van der Waals surface area contributed by atoms with Crippen LogP contribution in [-0.2, 0) is 6.54 Å². The van der Waals surface area contributed by atoms with Gasteiger partial charge in [0, 0.05) is 49.7 Å². The lowest BCUT2D eigenvalue weighted by molar-refractivity contribution is 0.247. The third kappa shape index (κ3) is 4.13. The molecular formula is C27H29FN6O. The van der Waals surface area contributed by atoms with Crippen LogP contribution in [0, 0.1) is 11.7 Å². The van der Waals surface area contributed by atoms with Gasteiger partial charge < -0.3 is 19.9 Å². The van der Waals surface area contributed by atoms with E-state index in [1.807, 2.05) is 11.6 Å². The molecule has 1 fully saturated rings. The number of benzene rings is 2. The molecule has 7 nitrogen and oxygen atoms in total. The van der Waals surface area contributed by atoms with Gasteiger partial charge in [0.05, 0.1) is 18.0 Å². The summed E-state index contributed by atoms with van der Waals surface area (Å²) < 4.78 is 17.6. The Morgan fingerprint density at radius 1 is 1.14 bits per heavy atom. The van der Waals surface area contributed by atoms with Gasteiger partial charge in [-0.3, -0.25) is 0 Å². The second-order valence-corrected chi connectivity index (χ2v) is 9.65. The molecule has 0 bridgehead atoms. The lowest BCUT2D eigenvalue weighted by Gasteiger charge is -2.21. The van der Waals surface area contributed by atoms with Gasteiger partial charge in [0.2, 0.25) is 0 Å². The summed E-state index contributed by atoms with van der Waals surface area (Å²) in [5, 5.41) is 17.2. The number of aliphatic hydroxyl groups is 1. The molecule has 4 aromatic rings. The Morgan fingerprint density at radius 3 is 2.83 bits per heavy atom. The summed E-state index contributed by atoms with van der Waals surface area (Å²) in [5.41, 5.74) is 6.44. The van der Waals surface area contributed by atoms with Crippen molar-refractivity contribution in [3.8, 4) is 28.3 Å². The highest BCUT2D eigenvalue weighted by Gasteiger charge is 2.26. The van der Waals surface area contributed by atoms with E-state index >= 15 is 0 Å². The minimum Gasteiger partial charge on any atom is -0.395 e. The molecule has 180 valence electrons. The second-order valence-electron chi connectivity index (χ2n) is 9.65.